The molecule has 2 aromatic rings. The lowest BCUT2D eigenvalue weighted by Crippen LogP contribution is -2.55. The highest BCUT2D eigenvalue weighted by Crippen LogP contribution is 2.38. The normalized spacial score (nSPS) is 17.1. The van der Waals surface area contributed by atoms with E-state index in [0.717, 1.165) is 23.4 Å². The summed E-state index contributed by atoms with van der Waals surface area (Å²) in [6.45, 7) is 10.1. The van der Waals surface area contributed by atoms with E-state index < -0.39 is 5.54 Å². The molecular weight excluding hydrogens is 434 g/mol. The van der Waals surface area contributed by atoms with Crippen LogP contribution in [0.3, 0.4) is 0 Å². The molecule has 184 valence electrons. The van der Waals surface area contributed by atoms with Gasteiger partial charge in [0.05, 0.1) is 50.0 Å². The Kier molecular flexibility index (Phi) is 7.00. The number of hydrogen-bond donors (Lipinski definition) is 0. The quantitative estimate of drug-likeness (QED) is 0.616. The summed E-state index contributed by atoms with van der Waals surface area (Å²) >= 11 is 0. The third-order valence-electron chi connectivity index (χ3n) is 6.22. The van der Waals surface area contributed by atoms with Crippen LogP contribution in [0.5, 0.6) is 11.5 Å². The first-order chi connectivity index (χ1) is 16.3. The van der Waals surface area contributed by atoms with E-state index in [-0.39, 0.29) is 12.0 Å². The smallest absolute Gasteiger partial charge is 0.274 e. The van der Waals surface area contributed by atoms with Gasteiger partial charge < -0.3 is 23.8 Å². The largest absolute Gasteiger partial charge is 0.493 e. The molecule has 1 aromatic carbocycles. The van der Waals surface area contributed by atoms with Gasteiger partial charge in [-0.2, -0.15) is 0 Å². The fourth-order valence-corrected chi connectivity index (χ4v) is 4.63. The van der Waals surface area contributed by atoms with E-state index in [1.54, 1.807) is 14.2 Å². The second-order valence-electron chi connectivity index (χ2n) is 9.58. The van der Waals surface area contributed by atoms with Gasteiger partial charge in [0.2, 0.25) is 0 Å². The van der Waals surface area contributed by atoms with Crippen molar-refractivity contribution in [1.82, 2.24) is 14.5 Å². The molecule has 0 unspecified atom stereocenters. The maximum absolute atomic E-state index is 13.8. The van der Waals surface area contributed by atoms with E-state index in [9.17, 15) is 4.79 Å². The third-order valence-corrected chi connectivity index (χ3v) is 6.22. The maximum atomic E-state index is 13.8. The number of hydrogen-bond acceptors (Lipinski definition) is 6. The monoisotopic (exact) mass is 469 g/mol. The molecule has 0 spiro atoms. The number of methoxy groups -OCH3 is 2. The average molecular weight is 470 g/mol. The van der Waals surface area contributed by atoms with Crippen molar-refractivity contribution in [2.24, 2.45) is 0 Å². The zero-order chi connectivity index (χ0) is 24.5. The molecule has 3 heterocycles. The van der Waals surface area contributed by atoms with E-state index in [2.05, 4.69) is 4.57 Å². The fraction of sp³-hybridized carbons (Fsp3) is 0.538. The number of rotatable bonds is 7. The molecule has 2 aliphatic rings. The highest BCUT2D eigenvalue weighted by molar-refractivity contribution is 5.95. The third kappa shape index (κ3) is 4.57. The molecular formula is C26H35N3O5. The summed E-state index contributed by atoms with van der Waals surface area (Å²) in [5.74, 6) is 2.02. The minimum absolute atomic E-state index is 0.000409. The van der Waals surface area contributed by atoms with Gasteiger partial charge in [-0.15, -0.1) is 0 Å². The lowest BCUT2D eigenvalue weighted by Gasteiger charge is -2.41. The Hall–Kier alpha value is -2.84. The summed E-state index contributed by atoms with van der Waals surface area (Å²) in [6, 6.07) is 4.03. The molecule has 0 aliphatic carbocycles. The number of morpholine rings is 1. The Balaban J connectivity index is 1.85. The predicted octanol–water partition coefficient (Wildman–Crippen LogP) is 3.68. The summed E-state index contributed by atoms with van der Waals surface area (Å²) in [5.41, 5.74) is 3.11. The first-order valence-electron chi connectivity index (χ1n) is 11.8. The number of benzene rings is 1. The van der Waals surface area contributed by atoms with Gasteiger partial charge in [0, 0.05) is 19.7 Å². The molecule has 0 atom stereocenters. The molecule has 4 rings (SSSR count). The summed E-state index contributed by atoms with van der Waals surface area (Å²) in [4.78, 5) is 20.5. The standard InChI is InChI=1S/C26H35N3O5/c1-17(2)34-22-15-20-18(14-21(22)32-6)9-10-19-24(27-23(29(19)20)8-7-12-31-5)25(30)28-11-13-33-16-26(28,3)4/h7-8,14-15,17H,9-13,16H2,1-6H3/b8-7+. The number of amides is 1. The van der Waals surface area contributed by atoms with Gasteiger partial charge >= 0.3 is 0 Å². The number of imidazole rings is 1. The van der Waals surface area contributed by atoms with Gasteiger partial charge in [0.1, 0.15) is 5.82 Å². The maximum Gasteiger partial charge on any atom is 0.274 e. The van der Waals surface area contributed by atoms with Crippen molar-refractivity contribution in [2.75, 3.05) is 40.6 Å². The van der Waals surface area contributed by atoms with Crippen LogP contribution in [-0.2, 0) is 22.3 Å². The van der Waals surface area contributed by atoms with Crippen LogP contribution < -0.4 is 9.47 Å². The summed E-state index contributed by atoms with van der Waals surface area (Å²) in [7, 11) is 3.30. The number of carbonyl (C=O) groups excluding carboxylic acids is 1. The zero-order valence-corrected chi connectivity index (χ0v) is 21.0. The minimum Gasteiger partial charge on any atom is -0.493 e. The molecule has 0 saturated carbocycles. The highest BCUT2D eigenvalue weighted by Gasteiger charge is 2.38. The number of nitrogens with zero attached hydrogens (tertiary/aromatic N) is 3. The molecule has 0 N–H and O–H groups in total. The van der Waals surface area contributed by atoms with E-state index in [0.29, 0.717) is 55.8 Å². The van der Waals surface area contributed by atoms with Crippen LogP contribution in [0, 0.1) is 0 Å². The number of aromatic nitrogens is 2. The zero-order valence-electron chi connectivity index (χ0n) is 21.0. The Bertz CT molecular complexity index is 1090. The lowest BCUT2D eigenvalue weighted by molar-refractivity contribution is -0.0373. The van der Waals surface area contributed by atoms with Gasteiger partial charge in [-0.3, -0.25) is 9.36 Å². The highest BCUT2D eigenvalue weighted by atomic mass is 16.5. The molecule has 1 aromatic heterocycles. The number of carbonyl (C=O) groups is 1. The summed E-state index contributed by atoms with van der Waals surface area (Å²) < 4.78 is 24.6. The van der Waals surface area contributed by atoms with E-state index in [1.165, 1.54) is 0 Å². The van der Waals surface area contributed by atoms with Gasteiger partial charge in [-0.05, 0) is 58.2 Å². The van der Waals surface area contributed by atoms with Crippen molar-refractivity contribution in [1.29, 1.82) is 0 Å². The first kappa shape index (κ1) is 24.3. The van der Waals surface area contributed by atoms with Crippen LogP contribution in [0.25, 0.3) is 11.8 Å². The summed E-state index contributed by atoms with van der Waals surface area (Å²) in [6.07, 6.45) is 5.31. The first-order valence-corrected chi connectivity index (χ1v) is 11.8. The second kappa shape index (κ2) is 9.80. The molecule has 0 bridgehead atoms. The molecule has 1 fully saturated rings. The van der Waals surface area contributed by atoms with Gasteiger partial charge in [-0.1, -0.05) is 6.08 Å². The Morgan fingerprint density at radius 3 is 2.71 bits per heavy atom. The van der Waals surface area contributed by atoms with E-state index >= 15 is 0 Å². The molecule has 0 radical (unpaired) electrons. The van der Waals surface area contributed by atoms with Crippen LogP contribution in [0.1, 0.15) is 55.3 Å². The van der Waals surface area contributed by atoms with Crippen molar-refractivity contribution in [3.05, 3.63) is 41.0 Å². The van der Waals surface area contributed by atoms with Crippen LogP contribution >= 0.6 is 0 Å². The van der Waals surface area contributed by atoms with Gasteiger partial charge in [0.25, 0.3) is 5.91 Å². The van der Waals surface area contributed by atoms with Crippen molar-refractivity contribution < 1.29 is 23.7 Å². The van der Waals surface area contributed by atoms with Crippen LogP contribution in [0.15, 0.2) is 18.2 Å². The predicted molar refractivity (Wildman–Crippen MR) is 130 cm³/mol. The topological polar surface area (TPSA) is 75.0 Å². The molecule has 1 saturated heterocycles. The molecule has 2 aliphatic heterocycles. The van der Waals surface area contributed by atoms with Crippen LogP contribution in [0.2, 0.25) is 0 Å². The summed E-state index contributed by atoms with van der Waals surface area (Å²) in [5, 5.41) is 0. The lowest BCUT2D eigenvalue weighted by atomic mass is 9.98. The van der Waals surface area contributed by atoms with Gasteiger partial charge in [-0.25, -0.2) is 4.98 Å². The Labute approximate surface area is 201 Å². The molecule has 34 heavy (non-hydrogen) atoms. The Morgan fingerprint density at radius 1 is 1.24 bits per heavy atom. The number of fused-ring (bicyclic) bond motifs is 3. The van der Waals surface area contributed by atoms with Crippen molar-refractivity contribution in [2.45, 2.75) is 52.2 Å². The van der Waals surface area contributed by atoms with Gasteiger partial charge in [0.15, 0.2) is 17.2 Å². The SMILES string of the molecule is COC/C=C/c1nc(C(=O)N2CCOCC2(C)C)c2n1-c1cc(OC(C)C)c(OC)cc1CC2. The molecule has 8 nitrogen and oxygen atoms in total. The Morgan fingerprint density at radius 2 is 2.03 bits per heavy atom. The fourth-order valence-electron chi connectivity index (χ4n) is 4.63. The van der Waals surface area contributed by atoms with Crippen molar-refractivity contribution >= 4 is 12.0 Å². The van der Waals surface area contributed by atoms with E-state index in [4.69, 9.17) is 23.9 Å². The van der Waals surface area contributed by atoms with Crippen molar-refractivity contribution in [3.63, 3.8) is 0 Å². The molecule has 8 heteroatoms. The van der Waals surface area contributed by atoms with Crippen LogP contribution in [-0.4, -0.2) is 72.6 Å². The number of ether oxygens (including phenoxy) is 4. The minimum atomic E-state index is -0.393. The van der Waals surface area contributed by atoms with E-state index in [1.807, 2.05) is 56.9 Å². The average Bonchev–Trinajstić information content (AvgIpc) is 3.17. The van der Waals surface area contributed by atoms with Crippen LogP contribution in [0.4, 0.5) is 0 Å². The molecule has 1 amide bonds. The number of aryl methyl sites for hydroxylation is 1. The van der Waals surface area contributed by atoms with Crippen molar-refractivity contribution in [3.8, 4) is 17.2 Å². The second-order valence-corrected chi connectivity index (χ2v) is 9.58.